The summed E-state index contributed by atoms with van der Waals surface area (Å²) in [5, 5.41) is 2.00. The molecule has 0 amide bonds. The van der Waals surface area contributed by atoms with E-state index in [1.807, 2.05) is 18.2 Å². The van der Waals surface area contributed by atoms with Crippen LogP contribution in [0.5, 0.6) is 17.2 Å². The van der Waals surface area contributed by atoms with E-state index in [2.05, 4.69) is 6.07 Å². The van der Waals surface area contributed by atoms with Gasteiger partial charge in [-0.2, -0.15) is 0 Å². The lowest BCUT2D eigenvalue weighted by Gasteiger charge is -2.16. The van der Waals surface area contributed by atoms with Crippen LogP contribution in [0.2, 0.25) is 0 Å². The summed E-state index contributed by atoms with van der Waals surface area (Å²) >= 11 is 0. The second-order valence-corrected chi connectivity index (χ2v) is 4.74. The number of fused-ring (bicyclic) bond motifs is 1. The summed E-state index contributed by atoms with van der Waals surface area (Å²) < 4.78 is 21.7. The summed E-state index contributed by atoms with van der Waals surface area (Å²) in [6, 6.07) is 7.90. The van der Waals surface area contributed by atoms with E-state index in [9.17, 15) is 0 Å². The summed E-state index contributed by atoms with van der Waals surface area (Å²) in [5.74, 6) is 2.41. The maximum absolute atomic E-state index is 5.53. The zero-order valence-corrected chi connectivity index (χ0v) is 13.1. The molecule has 0 bridgehead atoms. The van der Waals surface area contributed by atoms with Crippen LogP contribution in [0.4, 0.5) is 0 Å². The lowest BCUT2D eigenvalue weighted by atomic mass is 9.98. The van der Waals surface area contributed by atoms with E-state index in [1.165, 1.54) is 5.56 Å². The number of methoxy groups -OCH3 is 4. The Hall–Kier alpha value is -1.94. The fourth-order valence-electron chi connectivity index (χ4n) is 2.60. The van der Waals surface area contributed by atoms with E-state index in [0.717, 1.165) is 47.5 Å². The quantitative estimate of drug-likeness (QED) is 0.732. The van der Waals surface area contributed by atoms with Crippen LogP contribution in [0.3, 0.4) is 0 Å². The van der Waals surface area contributed by atoms with Crippen molar-refractivity contribution >= 4 is 10.8 Å². The number of hydrogen-bond acceptors (Lipinski definition) is 4. The van der Waals surface area contributed by atoms with Crippen molar-refractivity contribution in [3.05, 3.63) is 29.8 Å². The Bertz CT molecular complexity index is 597. The molecule has 0 aliphatic heterocycles. The number of aryl methyl sites for hydroxylation is 1. The van der Waals surface area contributed by atoms with Gasteiger partial charge in [0.1, 0.15) is 17.2 Å². The fraction of sp³-hybridized carbons (Fsp3) is 0.412. The monoisotopic (exact) mass is 290 g/mol. The molecule has 0 atom stereocenters. The number of benzene rings is 2. The molecular formula is C17H22O4. The lowest BCUT2D eigenvalue weighted by molar-refractivity contribution is 0.195. The molecule has 2 rings (SSSR count). The molecule has 2 aromatic rings. The van der Waals surface area contributed by atoms with E-state index in [0.29, 0.717) is 0 Å². The van der Waals surface area contributed by atoms with Crippen molar-refractivity contribution in [3.63, 3.8) is 0 Å². The summed E-state index contributed by atoms with van der Waals surface area (Å²) in [6.07, 6.45) is 1.87. The Morgan fingerprint density at radius 1 is 0.714 bits per heavy atom. The van der Waals surface area contributed by atoms with Gasteiger partial charge < -0.3 is 18.9 Å². The van der Waals surface area contributed by atoms with Gasteiger partial charge in [-0.3, -0.25) is 0 Å². The molecule has 0 radical (unpaired) electrons. The predicted octanol–water partition coefficient (Wildman–Crippen LogP) is 3.44. The van der Waals surface area contributed by atoms with E-state index >= 15 is 0 Å². The second-order valence-electron chi connectivity index (χ2n) is 4.74. The number of rotatable bonds is 7. The van der Waals surface area contributed by atoms with Gasteiger partial charge in [0, 0.05) is 19.1 Å². The molecule has 0 unspecified atom stereocenters. The van der Waals surface area contributed by atoms with Crippen LogP contribution >= 0.6 is 0 Å². The minimum Gasteiger partial charge on any atom is -0.496 e. The topological polar surface area (TPSA) is 36.9 Å². The van der Waals surface area contributed by atoms with Crippen molar-refractivity contribution in [1.29, 1.82) is 0 Å². The summed E-state index contributed by atoms with van der Waals surface area (Å²) in [6.45, 7) is 0.736. The van der Waals surface area contributed by atoms with Gasteiger partial charge in [-0.25, -0.2) is 0 Å². The van der Waals surface area contributed by atoms with Crippen molar-refractivity contribution in [2.24, 2.45) is 0 Å². The van der Waals surface area contributed by atoms with E-state index < -0.39 is 0 Å². The molecule has 0 fully saturated rings. The first-order valence-corrected chi connectivity index (χ1v) is 6.96. The molecule has 0 aliphatic rings. The fourth-order valence-corrected chi connectivity index (χ4v) is 2.60. The molecular weight excluding hydrogens is 268 g/mol. The lowest BCUT2D eigenvalue weighted by Crippen LogP contribution is -1.98. The first kappa shape index (κ1) is 15.4. The molecule has 0 heterocycles. The highest BCUT2D eigenvalue weighted by molar-refractivity contribution is 6.00. The van der Waals surface area contributed by atoms with E-state index in [-0.39, 0.29) is 0 Å². The first-order valence-electron chi connectivity index (χ1n) is 6.96. The second kappa shape index (κ2) is 7.18. The molecule has 0 saturated carbocycles. The molecule has 0 aliphatic carbocycles. The molecule has 0 saturated heterocycles. The minimum absolute atomic E-state index is 0.736. The van der Waals surface area contributed by atoms with Crippen LogP contribution in [-0.2, 0) is 11.2 Å². The third-order valence-electron chi connectivity index (χ3n) is 3.59. The highest BCUT2D eigenvalue weighted by Gasteiger charge is 2.15. The van der Waals surface area contributed by atoms with Gasteiger partial charge in [-0.05, 0) is 36.6 Å². The van der Waals surface area contributed by atoms with Crippen LogP contribution in [0.1, 0.15) is 12.0 Å². The Morgan fingerprint density at radius 2 is 1.24 bits per heavy atom. The van der Waals surface area contributed by atoms with Gasteiger partial charge in [0.05, 0.1) is 26.7 Å². The zero-order chi connectivity index (χ0) is 15.2. The van der Waals surface area contributed by atoms with Gasteiger partial charge in [0.15, 0.2) is 0 Å². The van der Waals surface area contributed by atoms with Crippen molar-refractivity contribution in [3.8, 4) is 17.2 Å². The Kier molecular flexibility index (Phi) is 5.28. The largest absolute Gasteiger partial charge is 0.496 e. The smallest absolute Gasteiger partial charge is 0.130 e. The van der Waals surface area contributed by atoms with Gasteiger partial charge in [0.25, 0.3) is 0 Å². The molecule has 0 spiro atoms. The minimum atomic E-state index is 0.736. The van der Waals surface area contributed by atoms with Gasteiger partial charge in [-0.15, -0.1) is 0 Å². The van der Waals surface area contributed by atoms with E-state index in [1.54, 1.807) is 28.4 Å². The number of hydrogen-bond donors (Lipinski definition) is 0. The molecule has 114 valence electrons. The van der Waals surface area contributed by atoms with Crippen LogP contribution < -0.4 is 14.2 Å². The van der Waals surface area contributed by atoms with E-state index in [4.69, 9.17) is 18.9 Å². The predicted molar refractivity (Wildman–Crippen MR) is 83.8 cm³/mol. The van der Waals surface area contributed by atoms with Crippen LogP contribution in [0, 0.1) is 0 Å². The average molecular weight is 290 g/mol. The Labute approximate surface area is 125 Å². The summed E-state index contributed by atoms with van der Waals surface area (Å²) in [5.41, 5.74) is 1.21. The molecule has 0 N–H and O–H groups in total. The first-order chi connectivity index (χ1) is 10.3. The molecule has 4 heteroatoms. The third kappa shape index (κ3) is 3.05. The van der Waals surface area contributed by atoms with Gasteiger partial charge >= 0.3 is 0 Å². The Balaban J connectivity index is 2.64. The van der Waals surface area contributed by atoms with Gasteiger partial charge in [-0.1, -0.05) is 6.07 Å². The normalized spacial score (nSPS) is 10.7. The van der Waals surface area contributed by atoms with Crippen molar-refractivity contribution in [2.45, 2.75) is 12.8 Å². The van der Waals surface area contributed by atoms with Crippen molar-refractivity contribution < 1.29 is 18.9 Å². The SMILES string of the molecule is COCCCc1ccc(OC)c2c(OC)ccc(OC)c12. The summed E-state index contributed by atoms with van der Waals surface area (Å²) in [4.78, 5) is 0. The third-order valence-corrected chi connectivity index (χ3v) is 3.59. The standard InChI is InChI=1S/C17H22O4/c1-18-11-5-6-12-7-8-14(20-3)17-15(21-4)10-9-13(19-2)16(12)17/h7-10H,5-6,11H2,1-4H3. The van der Waals surface area contributed by atoms with Gasteiger partial charge in [0.2, 0.25) is 0 Å². The van der Waals surface area contributed by atoms with Crippen molar-refractivity contribution in [2.75, 3.05) is 35.0 Å². The molecule has 4 nitrogen and oxygen atoms in total. The number of ether oxygens (including phenoxy) is 4. The van der Waals surface area contributed by atoms with Crippen LogP contribution in [0.15, 0.2) is 24.3 Å². The van der Waals surface area contributed by atoms with Crippen LogP contribution in [0.25, 0.3) is 10.8 Å². The highest BCUT2D eigenvalue weighted by atomic mass is 16.5. The maximum atomic E-state index is 5.53. The maximum Gasteiger partial charge on any atom is 0.130 e. The average Bonchev–Trinajstić information content (AvgIpc) is 2.54. The Morgan fingerprint density at radius 3 is 1.76 bits per heavy atom. The highest BCUT2D eigenvalue weighted by Crippen LogP contribution is 2.41. The molecule has 21 heavy (non-hydrogen) atoms. The van der Waals surface area contributed by atoms with Crippen molar-refractivity contribution in [1.82, 2.24) is 0 Å². The molecule has 2 aromatic carbocycles. The molecule has 0 aromatic heterocycles. The summed E-state index contributed by atoms with van der Waals surface area (Å²) in [7, 11) is 6.73. The van der Waals surface area contributed by atoms with Crippen LogP contribution in [-0.4, -0.2) is 35.0 Å². The zero-order valence-electron chi connectivity index (χ0n) is 13.1.